The van der Waals surface area contributed by atoms with Crippen LogP contribution in [0.2, 0.25) is 0 Å². The third-order valence-electron chi connectivity index (χ3n) is 2.24. The van der Waals surface area contributed by atoms with E-state index in [9.17, 15) is 9.59 Å². The van der Waals surface area contributed by atoms with E-state index in [1.807, 2.05) is 0 Å². The Morgan fingerprint density at radius 3 is 2.35 bits per heavy atom. The van der Waals surface area contributed by atoms with Gasteiger partial charge in [-0.15, -0.1) is 0 Å². The van der Waals surface area contributed by atoms with Gasteiger partial charge in [-0.3, -0.25) is 9.59 Å². The van der Waals surface area contributed by atoms with Gasteiger partial charge in [0.1, 0.15) is 17.9 Å². The molecule has 92 valence electrons. The molecule has 0 N–H and O–H groups in total. The largest absolute Gasteiger partial charge is 0.497 e. The predicted molar refractivity (Wildman–Crippen MR) is 60.5 cm³/mol. The van der Waals surface area contributed by atoms with Crippen molar-refractivity contribution in [1.82, 2.24) is 0 Å². The predicted octanol–water partition coefficient (Wildman–Crippen LogP) is 1.45. The quantitative estimate of drug-likeness (QED) is 0.441. The van der Waals surface area contributed by atoms with Gasteiger partial charge in [-0.2, -0.15) is 0 Å². The number of methoxy groups -OCH3 is 3. The molecule has 0 atom stereocenters. The first-order chi connectivity index (χ1) is 8.12. The number of carbonyl (C=O) groups excluding carboxylic acids is 2. The Morgan fingerprint density at radius 1 is 1.12 bits per heavy atom. The number of esters is 1. The fourth-order valence-corrected chi connectivity index (χ4v) is 1.33. The first-order valence-corrected chi connectivity index (χ1v) is 4.94. The minimum absolute atomic E-state index is 0.306. The average Bonchev–Trinajstić information content (AvgIpc) is 2.37. The standard InChI is InChI=1S/C12H14O5/c1-15-8-4-5-9(11(6-8)16-2)10(13)7-12(14)17-3/h4-6H,7H2,1-3H3. The molecular weight excluding hydrogens is 224 g/mol. The summed E-state index contributed by atoms with van der Waals surface area (Å²) < 4.78 is 14.5. The summed E-state index contributed by atoms with van der Waals surface area (Å²) in [5.74, 6) is 0.0268. The van der Waals surface area contributed by atoms with Crippen molar-refractivity contribution in [1.29, 1.82) is 0 Å². The number of rotatable bonds is 5. The van der Waals surface area contributed by atoms with Crippen LogP contribution in [0.15, 0.2) is 18.2 Å². The molecule has 0 aliphatic carbocycles. The van der Waals surface area contributed by atoms with Crippen molar-refractivity contribution in [2.45, 2.75) is 6.42 Å². The molecule has 0 bridgehead atoms. The summed E-state index contributed by atoms with van der Waals surface area (Å²) in [4.78, 5) is 22.8. The summed E-state index contributed by atoms with van der Waals surface area (Å²) in [5.41, 5.74) is 0.332. The highest BCUT2D eigenvalue weighted by molar-refractivity contribution is 6.07. The van der Waals surface area contributed by atoms with Crippen LogP contribution in [-0.2, 0) is 9.53 Å². The van der Waals surface area contributed by atoms with E-state index in [0.717, 1.165) is 0 Å². The molecule has 0 aliphatic rings. The van der Waals surface area contributed by atoms with Gasteiger partial charge in [-0.1, -0.05) is 0 Å². The Morgan fingerprint density at radius 2 is 1.82 bits per heavy atom. The molecule has 0 heterocycles. The molecule has 0 aromatic heterocycles. The van der Waals surface area contributed by atoms with Crippen molar-refractivity contribution < 1.29 is 23.8 Å². The van der Waals surface area contributed by atoms with Gasteiger partial charge in [-0.05, 0) is 12.1 Å². The average molecular weight is 238 g/mol. The molecule has 0 saturated carbocycles. The van der Waals surface area contributed by atoms with Crippen LogP contribution < -0.4 is 9.47 Å². The molecule has 17 heavy (non-hydrogen) atoms. The van der Waals surface area contributed by atoms with Crippen molar-refractivity contribution >= 4 is 11.8 Å². The number of Topliss-reactive ketones (excluding diaryl/α,β-unsaturated/α-hetero) is 1. The molecule has 0 radical (unpaired) electrons. The molecule has 0 fully saturated rings. The van der Waals surface area contributed by atoms with Gasteiger partial charge in [0, 0.05) is 6.07 Å². The number of carbonyl (C=O) groups is 2. The van der Waals surface area contributed by atoms with E-state index < -0.39 is 5.97 Å². The number of benzene rings is 1. The van der Waals surface area contributed by atoms with Crippen LogP contribution >= 0.6 is 0 Å². The Labute approximate surface area is 99.3 Å². The molecular formula is C12H14O5. The number of ether oxygens (including phenoxy) is 3. The highest BCUT2D eigenvalue weighted by Crippen LogP contribution is 2.25. The highest BCUT2D eigenvalue weighted by atomic mass is 16.5. The SMILES string of the molecule is COC(=O)CC(=O)c1ccc(OC)cc1OC. The molecule has 0 aliphatic heterocycles. The van der Waals surface area contributed by atoms with E-state index in [-0.39, 0.29) is 12.2 Å². The van der Waals surface area contributed by atoms with Crippen molar-refractivity contribution in [3.8, 4) is 11.5 Å². The zero-order valence-corrected chi connectivity index (χ0v) is 9.98. The van der Waals surface area contributed by atoms with Crippen LogP contribution in [-0.4, -0.2) is 33.1 Å². The second-order valence-corrected chi connectivity index (χ2v) is 3.24. The van der Waals surface area contributed by atoms with Gasteiger partial charge in [-0.25, -0.2) is 0 Å². The number of ketones is 1. The van der Waals surface area contributed by atoms with Crippen molar-refractivity contribution in [2.75, 3.05) is 21.3 Å². The molecule has 0 saturated heterocycles. The van der Waals surface area contributed by atoms with Crippen molar-refractivity contribution in [3.05, 3.63) is 23.8 Å². The van der Waals surface area contributed by atoms with Crippen molar-refractivity contribution in [2.24, 2.45) is 0 Å². The highest BCUT2D eigenvalue weighted by Gasteiger charge is 2.16. The maximum absolute atomic E-state index is 11.8. The zero-order valence-electron chi connectivity index (χ0n) is 9.98. The third-order valence-corrected chi connectivity index (χ3v) is 2.24. The van der Waals surface area contributed by atoms with Gasteiger partial charge in [0.05, 0.1) is 26.9 Å². The van der Waals surface area contributed by atoms with E-state index in [2.05, 4.69) is 4.74 Å². The molecule has 1 rings (SSSR count). The minimum atomic E-state index is -0.576. The Bertz CT molecular complexity index is 425. The minimum Gasteiger partial charge on any atom is -0.497 e. The summed E-state index contributed by atoms with van der Waals surface area (Å²) in [5, 5.41) is 0. The molecule has 0 spiro atoms. The topological polar surface area (TPSA) is 61.8 Å². The van der Waals surface area contributed by atoms with E-state index in [1.165, 1.54) is 21.3 Å². The Hall–Kier alpha value is -2.04. The molecule has 0 unspecified atom stereocenters. The van der Waals surface area contributed by atoms with Crippen LogP contribution in [0.1, 0.15) is 16.8 Å². The fourth-order valence-electron chi connectivity index (χ4n) is 1.33. The van der Waals surface area contributed by atoms with E-state index in [1.54, 1.807) is 18.2 Å². The first-order valence-electron chi connectivity index (χ1n) is 4.94. The monoisotopic (exact) mass is 238 g/mol. The van der Waals surface area contributed by atoms with Crippen molar-refractivity contribution in [3.63, 3.8) is 0 Å². The molecule has 1 aromatic carbocycles. The lowest BCUT2D eigenvalue weighted by molar-refractivity contribution is -0.139. The van der Waals surface area contributed by atoms with Gasteiger partial charge in [0.2, 0.25) is 0 Å². The van der Waals surface area contributed by atoms with E-state index in [0.29, 0.717) is 17.1 Å². The second kappa shape index (κ2) is 5.89. The number of hydrogen-bond donors (Lipinski definition) is 0. The van der Waals surface area contributed by atoms with Crippen LogP contribution in [0.3, 0.4) is 0 Å². The van der Waals surface area contributed by atoms with Gasteiger partial charge in [0.25, 0.3) is 0 Å². The summed E-state index contributed by atoms with van der Waals surface area (Å²) in [6.07, 6.45) is -0.306. The third kappa shape index (κ3) is 3.21. The lowest BCUT2D eigenvalue weighted by atomic mass is 10.1. The van der Waals surface area contributed by atoms with Gasteiger partial charge >= 0.3 is 5.97 Å². The zero-order chi connectivity index (χ0) is 12.8. The van der Waals surface area contributed by atoms with Gasteiger partial charge < -0.3 is 14.2 Å². The van der Waals surface area contributed by atoms with E-state index in [4.69, 9.17) is 9.47 Å². The van der Waals surface area contributed by atoms with Crippen LogP contribution in [0.5, 0.6) is 11.5 Å². The van der Waals surface area contributed by atoms with Crippen LogP contribution in [0, 0.1) is 0 Å². The normalized spacial score (nSPS) is 9.59. The second-order valence-electron chi connectivity index (χ2n) is 3.24. The maximum atomic E-state index is 11.8. The molecule has 0 amide bonds. The smallest absolute Gasteiger partial charge is 0.313 e. The van der Waals surface area contributed by atoms with E-state index >= 15 is 0 Å². The fraction of sp³-hybridized carbons (Fsp3) is 0.333. The summed E-state index contributed by atoms with van der Waals surface area (Å²) in [7, 11) is 4.20. The molecule has 5 heteroatoms. The van der Waals surface area contributed by atoms with Gasteiger partial charge in [0.15, 0.2) is 5.78 Å². The first kappa shape index (κ1) is 13.0. The molecule has 1 aromatic rings. The summed E-state index contributed by atoms with van der Waals surface area (Å²) in [6, 6.07) is 4.78. The van der Waals surface area contributed by atoms with Crippen LogP contribution in [0.4, 0.5) is 0 Å². The number of hydrogen-bond acceptors (Lipinski definition) is 5. The lowest BCUT2D eigenvalue weighted by Gasteiger charge is -2.08. The summed E-state index contributed by atoms with van der Waals surface area (Å²) >= 11 is 0. The van der Waals surface area contributed by atoms with Crippen LogP contribution in [0.25, 0.3) is 0 Å². The Kier molecular flexibility index (Phi) is 4.51. The molecule has 5 nitrogen and oxygen atoms in total. The summed E-state index contributed by atoms with van der Waals surface area (Å²) in [6.45, 7) is 0. The maximum Gasteiger partial charge on any atom is 0.313 e. The lowest BCUT2D eigenvalue weighted by Crippen LogP contribution is -2.10. The Balaban J connectivity index is 2.96.